The summed E-state index contributed by atoms with van der Waals surface area (Å²) in [5.41, 5.74) is 1.54. The minimum absolute atomic E-state index is 0.0816. The van der Waals surface area contributed by atoms with Gasteiger partial charge < -0.3 is 10.2 Å². The molecule has 1 saturated heterocycles. The molecule has 2 aromatic rings. The van der Waals surface area contributed by atoms with Crippen molar-refractivity contribution in [3.05, 3.63) is 59.5 Å². The van der Waals surface area contributed by atoms with Gasteiger partial charge in [0.05, 0.1) is 0 Å². The van der Waals surface area contributed by atoms with E-state index in [1.807, 2.05) is 18.3 Å². The van der Waals surface area contributed by atoms with E-state index in [-0.39, 0.29) is 18.1 Å². The van der Waals surface area contributed by atoms with Crippen molar-refractivity contribution in [3.8, 4) is 0 Å². The van der Waals surface area contributed by atoms with Crippen LogP contribution in [0.5, 0.6) is 0 Å². The van der Waals surface area contributed by atoms with Gasteiger partial charge >= 0.3 is 0 Å². The van der Waals surface area contributed by atoms with Crippen molar-refractivity contribution in [1.82, 2.24) is 10.3 Å². The Morgan fingerprint density at radius 3 is 2.67 bits per heavy atom. The molecule has 1 aliphatic rings. The number of aromatic nitrogens is 1. The van der Waals surface area contributed by atoms with Crippen LogP contribution in [-0.2, 0) is 17.8 Å². The zero-order valence-electron chi connectivity index (χ0n) is 13.7. The van der Waals surface area contributed by atoms with E-state index < -0.39 is 0 Å². The third kappa shape index (κ3) is 4.31. The van der Waals surface area contributed by atoms with Crippen molar-refractivity contribution in [2.24, 2.45) is 0 Å². The molecule has 0 radical (unpaired) electrons. The fourth-order valence-electron chi connectivity index (χ4n) is 2.89. The van der Waals surface area contributed by atoms with Crippen LogP contribution in [0.3, 0.4) is 0 Å². The number of carbonyl (C=O) groups is 1. The van der Waals surface area contributed by atoms with Crippen LogP contribution >= 0.6 is 0 Å². The number of benzene rings is 1. The average Bonchev–Trinajstić information content (AvgIpc) is 3.14. The van der Waals surface area contributed by atoms with Crippen molar-refractivity contribution in [1.29, 1.82) is 0 Å². The Labute approximate surface area is 141 Å². The number of hydrogen-bond acceptors (Lipinski definition) is 3. The van der Waals surface area contributed by atoms with Crippen molar-refractivity contribution >= 4 is 11.7 Å². The van der Waals surface area contributed by atoms with E-state index in [9.17, 15) is 9.18 Å². The molecule has 0 bridgehead atoms. The first-order valence-electron chi connectivity index (χ1n) is 8.42. The van der Waals surface area contributed by atoms with Gasteiger partial charge in [-0.1, -0.05) is 24.3 Å². The number of hydrogen-bond donors (Lipinski definition) is 1. The Morgan fingerprint density at radius 1 is 1.17 bits per heavy atom. The number of pyridine rings is 1. The maximum atomic E-state index is 13.5. The number of aryl methyl sites for hydroxylation is 1. The monoisotopic (exact) mass is 327 g/mol. The zero-order chi connectivity index (χ0) is 16.8. The number of halogens is 1. The quantitative estimate of drug-likeness (QED) is 0.887. The van der Waals surface area contributed by atoms with Crippen LogP contribution in [0.2, 0.25) is 0 Å². The van der Waals surface area contributed by atoms with E-state index in [1.54, 1.807) is 18.2 Å². The number of carbonyl (C=O) groups excluding carboxylic acids is 1. The minimum atomic E-state index is -0.257. The highest BCUT2D eigenvalue weighted by Gasteiger charge is 2.13. The SMILES string of the molecule is O=C(CCc1ccccc1F)NCc1ccc(N2CCCC2)nc1. The fraction of sp³-hybridized carbons (Fsp3) is 0.368. The molecular weight excluding hydrogens is 305 g/mol. The van der Waals surface area contributed by atoms with E-state index in [4.69, 9.17) is 0 Å². The van der Waals surface area contributed by atoms with E-state index >= 15 is 0 Å². The van der Waals surface area contributed by atoms with Gasteiger partial charge in [-0.25, -0.2) is 9.37 Å². The van der Waals surface area contributed by atoms with Gasteiger partial charge in [-0.05, 0) is 42.5 Å². The first-order chi connectivity index (χ1) is 11.7. The summed E-state index contributed by atoms with van der Waals surface area (Å²) in [6.45, 7) is 2.58. The third-order valence-corrected chi connectivity index (χ3v) is 4.31. The molecule has 1 N–H and O–H groups in total. The molecule has 3 rings (SSSR count). The van der Waals surface area contributed by atoms with Crippen LogP contribution in [0.4, 0.5) is 10.2 Å². The molecule has 0 aliphatic carbocycles. The first kappa shape index (κ1) is 16.4. The van der Waals surface area contributed by atoms with Crippen molar-refractivity contribution in [2.75, 3.05) is 18.0 Å². The van der Waals surface area contributed by atoms with E-state index in [0.717, 1.165) is 24.5 Å². The molecule has 2 heterocycles. The highest BCUT2D eigenvalue weighted by atomic mass is 19.1. The average molecular weight is 327 g/mol. The molecule has 0 unspecified atom stereocenters. The van der Waals surface area contributed by atoms with Gasteiger partial charge in [0, 0.05) is 32.3 Å². The Bertz CT molecular complexity index is 681. The van der Waals surface area contributed by atoms with E-state index in [2.05, 4.69) is 15.2 Å². The number of rotatable bonds is 6. The number of nitrogens with one attached hydrogen (secondary N) is 1. The highest BCUT2D eigenvalue weighted by Crippen LogP contribution is 2.17. The van der Waals surface area contributed by atoms with Gasteiger partial charge in [-0.2, -0.15) is 0 Å². The van der Waals surface area contributed by atoms with Crippen LogP contribution in [0.15, 0.2) is 42.6 Å². The van der Waals surface area contributed by atoms with Gasteiger partial charge in [-0.15, -0.1) is 0 Å². The second kappa shape index (κ2) is 7.90. The maximum absolute atomic E-state index is 13.5. The molecule has 1 aliphatic heterocycles. The van der Waals surface area contributed by atoms with Crippen LogP contribution in [0.1, 0.15) is 30.4 Å². The molecule has 24 heavy (non-hydrogen) atoms. The lowest BCUT2D eigenvalue weighted by molar-refractivity contribution is -0.121. The van der Waals surface area contributed by atoms with Crippen LogP contribution in [0, 0.1) is 5.82 Å². The molecule has 0 atom stereocenters. The largest absolute Gasteiger partial charge is 0.357 e. The van der Waals surface area contributed by atoms with Gasteiger partial charge in [0.2, 0.25) is 5.91 Å². The molecule has 1 amide bonds. The van der Waals surface area contributed by atoms with Crippen LogP contribution in [0.25, 0.3) is 0 Å². The second-order valence-electron chi connectivity index (χ2n) is 6.09. The summed E-state index contributed by atoms with van der Waals surface area (Å²) in [5, 5.41) is 2.86. The Balaban J connectivity index is 1.45. The summed E-state index contributed by atoms with van der Waals surface area (Å²) in [7, 11) is 0. The molecular formula is C19H22FN3O. The Kier molecular flexibility index (Phi) is 5.41. The zero-order valence-corrected chi connectivity index (χ0v) is 13.7. The van der Waals surface area contributed by atoms with E-state index in [0.29, 0.717) is 18.5 Å². The molecule has 1 fully saturated rings. The van der Waals surface area contributed by atoms with Crippen molar-refractivity contribution in [2.45, 2.75) is 32.2 Å². The normalized spacial score (nSPS) is 14.0. The Morgan fingerprint density at radius 2 is 1.96 bits per heavy atom. The standard InChI is InChI=1S/C19H22FN3O/c20-17-6-2-1-5-16(17)8-10-19(24)22-14-15-7-9-18(21-13-15)23-11-3-4-12-23/h1-2,5-7,9,13H,3-4,8,10-12,14H2,(H,22,24). The van der Waals surface area contributed by atoms with E-state index in [1.165, 1.54) is 18.9 Å². The molecule has 4 nitrogen and oxygen atoms in total. The van der Waals surface area contributed by atoms with Crippen molar-refractivity contribution in [3.63, 3.8) is 0 Å². The number of nitrogens with zero attached hydrogens (tertiary/aromatic N) is 2. The summed E-state index contributed by atoms with van der Waals surface area (Å²) < 4.78 is 13.5. The lowest BCUT2D eigenvalue weighted by Gasteiger charge is -2.16. The lowest BCUT2D eigenvalue weighted by Crippen LogP contribution is -2.23. The predicted molar refractivity (Wildman–Crippen MR) is 92.3 cm³/mol. The number of amides is 1. The molecule has 1 aromatic carbocycles. The molecule has 126 valence electrons. The first-order valence-corrected chi connectivity index (χ1v) is 8.42. The highest BCUT2D eigenvalue weighted by molar-refractivity contribution is 5.76. The van der Waals surface area contributed by atoms with Crippen LogP contribution < -0.4 is 10.2 Å². The predicted octanol–water partition coefficient (Wildman–Crippen LogP) is 3.07. The molecule has 1 aromatic heterocycles. The molecule has 0 spiro atoms. The summed E-state index contributed by atoms with van der Waals surface area (Å²) >= 11 is 0. The lowest BCUT2D eigenvalue weighted by atomic mass is 10.1. The summed E-state index contributed by atoms with van der Waals surface area (Å²) in [5.74, 6) is 0.663. The summed E-state index contributed by atoms with van der Waals surface area (Å²) in [6, 6.07) is 10.6. The van der Waals surface area contributed by atoms with Gasteiger partial charge in [-0.3, -0.25) is 4.79 Å². The third-order valence-electron chi connectivity index (χ3n) is 4.31. The van der Waals surface area contributed by atoms with Gasteiger partial charge in [0.15, 0.2) is 0 Å². The summed E-state index contributed by atoms with van der Waals surface area (Å²) in [4.78, 5) is 18.7. The molecule has 0 saturated carbocycles. The molecule has 5 heteroatoms. The number of anilines is 1. The topological polar surface area (TPSA) is 45.2 Å². The second-order valence-corrected chi connectivity index (χ2v) is 6.09. The van der Waals surface area contributed by atoms with Crippen molar-refractivity contribution < 1.29 is 9.18 Å². The summed E-state index contributed by atoms with van der Waals surface area (Å²) in [6.07, 6.45) is 4.94. The van der Waals surface area contributed by atoms with Crippen LogP contribution in [-0.4, -0.2) is 24.0 Å². The Hall–Kier alpha value is -2.43. The van der Waals surface area contributed by atoms with Gasteiger partial charge in [0.25, 0.3) is 0 Å². The fourth-order valence-corrected chi connectivity index (χ4v) is 2.89. The smallest absolute Gasteiger partial charge is 0.220 e. The maximum Gasteiger partial charge on any atom is 0.220 e. The van der Waals surface area contributed by atoms with Gasteiger partial charge in [0.1, 0.15) is 11.6 Å². The minimum Gasteiger partial charge on any atom is -0.357 e.